The zero-order valence-electron chi connectivity index (χ0n) is 9.26. The molecule has 0 N–H and O–H groups in total. The Morgan fingerprint density at radius 1 is 1.06 bits per heavy atom. The van der Waals surface area contributed by atoms with Gasteiger partial charge in [0.15, 0.2) is 19.3 Å². The molecular formula is C10H11Cl2IO4. The summed E-state index contributed by atoms with van der Waals surface area (Å²) in [5.41, 5.74) is 0. The molecule has 0 fully saturated rings. The second-order valence-corrected chi connectivity index (χ2v) is 4.83. The van der Waals surface area contributed by atoms with Crippen LogP contribution in [0.3, 0.4) is 0 Å². The molecule has 0 saturated carbocycles. The fourth-order valence-corrected chi connectivity index (χ4v) is 2.07. The average Bonchev–Trinajstić information content (AvgIpc) is 2.32. The number of benzene rings is 1. The fraction of sp³-hybridized carbons (Fsp3) is 0.400. The van der Waals surface area contributed by atoms with Crippen LogP contribution in [0.15, 0.2) is 6.07 Å². The highest BCUT2D eigenvalue weighted by Crippen LogP contribution is 2.42. The van der Waals surface area contributed by atoms with E-state index in [9.17, 15) is 0 Å². The van der Waals surface area contributed by atoms with Gasteiger partial charge in [-0.25, -0.2) is 0 Å². The van der Waals surface area contributed by atoms with E-state index in [0.717, 1.165) is 3.57 Å². The van der Waals surface area contributed by atoms with Gasteiger partial charge in [0.2, 0.25) is 0 Å². The lowest BCUT2D eigenvalue weighted by atomic mass is 10.3. The van der Waals surface area contributed by atoms with Gasteiger partial charge in [0.25, 0.3) is 0 Å². The molecule has 0 spiro atoms. The third-order valence-electron chi connectivity index (χ3n) is 1.74. The molecule has 0 aliphatic carbocycles. The van der Waals surface area contributed by atoms with Crippen LogP contribution in [-0.4, -0.2) is 27.8 Å². The van der Waals surface area contributed by atoms with Crippen LogP contribution in [0, 0.1) is 3.57 Å². The summed E-state index contributed by atoms with van der Waals surface area (Å²) in [5, 5.41) is 0.724. The summed E-state index contributed by atoms with van der Waals surface area (Å²) in [6.07, 6.45) is 0. The largest absolute Gasteiger partial charge is 0.466 e. The molecule has 0 saturated heterocycles. The molecule has 17 heavy (non-hydrogen) atoms. The van der Waals surface area contributed by atoms with Gasteiger partial charge in [-0.15, -0.1) is 0 Å². The molecule has 0 radical (unpaired) electrons. The zero-order chi connectivity index (χ0) is 12.8. The summed E-state index contributed by atoms with van der Waals surface area (Å²) in [7, 11) is 3.04. The van der Waals surface area contributed by atoms with Crippen molar-refractivity contribution in [3.05, 3.63) is 19.7 Å². The summed E-state index contributed by atoms with van der Waals surface area (Å²) in [5.74, 6) is 0.793. The first-order chi connectivity index (χ1) is 8.11. The van der Waals surface area contributed by atoms with E-state index < -0.39 is 0 Å². The number of rotatable bonds is 6. The smallest absolute Gasteiger partial charge is 0.188 e. The van der Waals surface area contributed by atoms with Gasteiger partial charge < -0.3 is 18.9 Å². The van der Waals surface area contributed by atoms with Crippen molar-refractivity contribution in [2.75, 3.05) is 27.8 Å². The van der Waals surface area contributed by atoms with Gasteiger partial charge in [-0.05, 0) is 28.7 Å². The third-order valence-corrected chi connectivity index (χ3v) is 3.64. The standard InChI is InChI=1S/C10H11Cl2IO4/c1-14-4-16-7-3-6(13)8(11)10(9(7)12)17-5-15-2/h3H,4-5H2,1-2H3. The monoisotopic (exact) mass is 392 g/mol. The molecule has 0 atom stereocenters. The van der Waals surface area contributed by atoms with Crippen LogP contribution >= 0.6 is 45.8 Å². The molecule has 0 aliphatic heterocycles. The summed E-state index contributed by atoms with van der Waals surface area (Å²) < 4.78 is 21.0. The van der Waals surface area contributed by atoms with E-state index in [-0.39, 0.29) is 13.6 Å². The Balaban J connectivity index is 3.04. The predicted molar refractivity (Wildman–Crippen MR) is 74.2 cm³/mol. The molecule has 0 amide bonds. The molecule has 0 unspecified atom stereocenters. The van der Waals surface area contributed by atoms with E-state index >= 15 is 0 Å². The van der Waals surface area contributed by atoms with E-state index in [1.54, 1.807) is 6.07 Å². The van der Waals surface area contributed by atoms with Crippen molar-refractivity contribution in [2.24, 2.45) is 0 Å². The molecule has 1 aromatic rings. The Morgan fingerprint density at radius 3 is 2.24 bits per heavy atom. The molecule has 0 aromatic heterocycles. The van der Waals surface area contributed by atoms with Crippen molar-refractivity contribution in [1.29, 1.82) is 0 Å². The second kappa shape index (κ2) is 7.48. The second-order valence-electron chi connectivity index (χ2n) is 2.92. The first-order valence-corrected chi connectivity index (χ1v) is 6.36. The van der Waals surface area contributed by atoms with Crippen molar-refractivity contribution in [3.63, 3.8) is 0 Å². The van der Waals surface area contributed by atoms with Crippen molar-refractivity contribution in [3.8, 4) is 11.5 Å². The van der Waals surface area contributed by atoms with E-state index in [1.165, 1.54) is 14.2 Å². The lowest BCUT2D eigenvalue weighted by molar-refractivity contribution is 0.0461. The number of hydrogen-bond acceptors (Lipinski definition) is 4. The van der Waals surface area contributed by atoms with Crippen LogP contribution in [0.1, 0.15) is 0 Å². The van der Waals surface area contributed by atoms with Crippen molar-refractivity contribution in [1.82, 2.24) is 0 Å². The Morgan fingerprint density at radius 2 is 1.65 bits per heavy atom. The van der Waals surface area contributed by atoms with Crippen LogP contribution in [0.25, 0.3) is 0 Å². The van der Waals surface area contributed by atoms with E-state index in [4.69, 9.17) is 42.1 Å². The summed E-state index contributed by atoms with van der Waals surface area (Å²) >= 11 is 14.3. The molecule has 96 valence electrons. The quantitative estimate of drug-likeness (QED) is 0.421. The lowest BCUT2D eigenvalue weighted by Gasteiger charge is -2.14. The Bertz CT molecular complexity index is 387. The first kappa shape index (κ1) is 15.1. The summed E-state index contributed by atoms with van der Waals surface area (Å²) in [4.78, 5) is 0. The maximum Gasteiger partial charge on any atom is 0.188 e. The average molecular weight is 393 g/mol. The maximum atomic E-state index is 6.11. The highest BCUT2D eigenvalue weighted by molar-refractivity contribution is 14.1. The van der Waals surface area contributed by atoms with Gasteiger partial charge in [-0.1, -0.05) is 23.2 Å². The first-order valence-electron chi connectivity index (χ1n) is 4.52. The number of halogens is 3. The number of methoxy groups -OCH3 is 2. The highest BCUT2D eigenvalue weighted by atomic mass is 127. The normalized spacial score (nSPS) is 10.4. The van der Waals surface area contributed by atoms with Crippen LogP contribution in [0.5, 0.6) is 11.5 Å². The van der Waals surface area contributed by atoms with Gasteiger partial charge in [0.05, 0.1) is 5.02 Å². The van der Waals surface area contributed by atoms with Gasteiger partial charge in [-0.2, -0.15) is 0 Å². The van der Waals surface area contributed by atoms with Crippen LogP contribution in [0.2, 0.25) is 10.0 Å². The van der Waals surface area contributed by atoms with Crippen LogP contribution in [0.4, 0.5) is 0 Å². The molecule has 4 nitrogen and oxygen atoms in total. The van der Waals surface area contributed by atoms with Crippen molar-refractivity contribution in [2.45, 2.75) is 0 Å². The van der Waals surface area contributed by atoms with Crippen LogP contribution < -0.4 is 9.47 Å². The minimum absolute atomic E-state index is 0.0588. The van der Waals surface area contributed by atoms with Gasteiger partial charge in [-0.3, -0.25) is 0 Å². The molecule has 1 rings (SSSR count). The van der Waals surface area contributed by atoms with Gasteiger partial charge in [0.1, 0.15) is 10.8 Å². The SMILES string of the molecule is COCOc1cc(I)c(Cl)c(OCOC)c1Cl. The Labute approximate surface area is 123 Å². The topological polar surface area (TPSA) is 36.9 Å². The van der Waals surface area contributed by atoms with Crippen molar-refractivity contribution < 1.29 is 18.9 Å². The zero-order valence-corrected chi connectivity index (χ0v) is 12.9. The predicted octanol–water partition coefficient (Wildman–Crippen LogP) is 3.56. The van der Waals surface area contributed by atoms with E-state index in [2.05, 4.69) is 22.6 Å². The minimum atomic E-state index is 0.0588. The van der Waals surface area contributed by atoms with Gasteiger partial charge >= 0.3 is 0 Å². The molecule has 0 aliphatic rings. The van der Waals surface area contributed by atoms with E-state index in [1.807, 2.05) is 0 Å². The van der Waals surface area contributed by atoms with E-state index in [0.29, 0.717) is 21.5 Å². The molecule has 0 bridgehead atoms. The van der Waals surface area contributed by atoms with Crippen LogP contribution in [-0.2, 0) is 9.47 Å². The van der Waals surface area contributed by atoms with Crippen molar-refractivity contribution >= 4 is 45.8 Å². The molecular weight excluding hydrogens is 382 g/mol. The third kappa shape index (κ3) is 4.03. The maximum absolute atomic E-state index is 6.11. The minimum Gasteiger partial charge on any atom is -0.466 e. The summed E-state index contributed by atoms with van der Waals surface area (Å²) in [6.45, 7) is 0.157. The summed E-state index contributed by atoms with van der Waals surface area (Å²) in [6, 6.07) is 1.71. The number of hydrogen-bond donors (Lipinski definition) is 0. The highest BCUT2D eigenvalue weighted by Gasteiger charge is 2.17. The molecule has 0 heterocycles. The number of ether oxygens (including phenoxy) is 4. The Kier molecular flexibility index (Phi) is 6.65. The fourth-order valence-electron chi connectivity index (χ4n) is 1.03. The van der Waals surface area contributed by atoms with Gasteiger partial charge in [0, 0.05) is 17.8 Å². The Hall–Kier alpha value is 0.0500. The lowest BCUT2D eigenvalue weighted by Crippen LogP contribution is -2.04. The molecule has 7 heteroatoms. The molecule has 1 aromatic carbocycles.